The van der Waals surface area contributed by atoms with Crippen LogP contribution in [-0.4, -0.2) is 62.1 Å². The third-order valence-electron chi connectivity index (χ3n) is 3.63. The van der Waals surface area contributed by atoms with E-state index in [1.807, 2.05) is 0 Å². The number of aromatic nitrogens is 2. The molecule has 0 spiro atoms. The van der Waals surface area contributed by atoms with Crippen LogP contribution in [0.15, 0.2) is 12.5 Å². The van der Waals surface area contributed by atoms with Crippen LogP contribution in [0.5, 0.6) is 0 Å². The van der Waals surface area contributed by atoms with E-state index in [9.17, 15) is 24.3 Å². The van der Waals surface area contributed by atoms with Gasteiger partial charge < -0.3 is 31.6 Å². The van der Waals surface area contributed by atoms with Crippen molar-refractivity contribution in [1.82, 2.24) is 20.6 Å². The summed E-state index contributed by atoms with van der Waals surface area (Å²) in [6, 6.07) is -3.71. The average Bonchev–Trinajstić information content (AvgIpc) is 3.04. The highest BCUT2D eigenvalue weighted by molar-refractivity contribution is 5.94. The molecule has 26 heavy (non-hydrogen) atoms. The molecule has 2 amide bonds. The number of carbonyl (C=O) groups is 4. The summed E-state index contributed by atoms with van der Waals surface area (Å²) < 4.78 is 0. The molecule has 7 N–H and O–H groups in total. The molecule has 3 atom stereocenters. The van der Waals surface area contributed by atoms with Crippen molar-refractivity contribution in [2.24, 2.45) is 11.7 Å². The summed E-state index contributed by atoms with van der Waals surface area (Å²) in [6.07, 6.45) is 1.97. The molecular weight excluding hydrogens is 346 g/mol. The summed E-state index contributed by atoms with van der Waals surface area (Å²) in [7, 11) is 0. The summed E-state index contributed by atoms with van der Waals surface area (Å²) in [5, 5.41) is 22.7. The van der Waals surface area contributed by atoms with Crippen molar-refractivity contribution in [1.29, 1.82) is 0 Å². The number of carbonyl (C=O) groups excluding carboxylic acids is 2. The first-order valence-corrected chi connectivity index (χ1v) is 7.90. The van der Waals surface area contributed by atoms with Gasteiger partial charge in [0.25, 0.3) is 0 Å². The molecule has 1 aromatic heterocycles. The number of nitrogens with zero attached hydrogens (tertiary/aromatic N) is 1. The molecule has 0 bridgehead atoms. The Morgan fingerprint density at radius 2 is 1.77 bits per heavy atom. The fourth-order valence-electron chi connectivity index (χ4n) is 2.04. The number of hydrogen-bond donors (Lipinski definition) is 6. The van der Waals surface area contributed by atoms with Crippen molar-refractivity contribution in [3.8, 4) is 0 Å². The van der Waals surface area contributed by atoms with Gasteiger partial charge in [0.1, 0.15) is 12.1 Å². The smallest absolute Gasteiger partial charge is 0.326 e. The highest BCUT2D eigenvalue weighted by Crippen LogP contribution is 2.03. The van der Waals surface area contributed by atoms with E-state index in [1.54, 1.807) is 13.8 Å². The van der Waals surface area contributed by atoms with Crippen molar-refractivity contribution in [3.63, 3.8) is 0 Å². The van der Waals surface area contributed by atoms with Crippen molar-refractivity contribution >= 4 is 23.8 Å². The zero-order valence-corrected chi connectivity index (χ0v) is 14.4. The van der Waals surface area contributed by atoms with Gasteiger partial charge in [-0.25, -0.2) is 9.78 Å². The van der Waals surface area contributed by atoms with E-state index in [0.29, 0.717) is 5.69 Å². The number of nitrogens with one attached hydrogen (secondary N) is 3. The van der Waals surface area contributed by atoms with Crippen molar-refractivity contribution < 1.29 is 29.4 Å². The lowest BCUT2D eigenvalue weighted by Gasteiger charge is -2.22. The Morgan fingerprint density at radius 3 is 2.23 bits per heavy atom. The number of H-pyrrole nitrogens is 1. The first-order valence-electron chi connectivity index (χ1n) is 7.90. The second-order valence-electron chi connectivity index (χ2n) is 6.11. The maximum atomic E-state index is 12.3. The minimum atomic E-state index is -1.45. The molecule has 0 aliphatic heterocycles. The molecule has 0 aliphatic rings. The maximum Gasteiger partial charge on any atom is 0.326 e. The zero-order valence-electron chi connectivity index (χ0n) is 14.4. The Morgan fingerprint density at radius 1 is 1.15 bits per heavy atom. The fraction of sp³-hybridized carbons (Fsp3) is 0.533. The van der Waals surface area contributed by atoms with Crippen molar-refractivity contribution in [2.45, 2.75) is 44.8 Å². The Hall–Kier alpha value is -2.95. The van der Waals surface area contributed by atoms with Crippen LogP contribution < -0.4 is 16.4 Å². The van der Waals surface area contributed by atoms with Crippen LogP contribution in [0, 0.1) is 5.92 Å². The molecule has 1 heterocycles. The number of imidazole rings is 1. The van der Waals surface area contributed by atoms with Gasteiger partial charge in [-0.05, 0) is 5.92 Å². The fourth-order valence-corrected chi connectivity index (χ4v) is 2.04. The summed E-state index contributed by atoms with van der Waals surface area (Å²) >= 11 is 0. The second kappa shape index (κ2) is 9.51. The molecule has 0 fully saturated rings. The molecule has 144 valence electrons. The highest BCUT2D eigenvalue weighted by atomic mass is 16.4. The van der Waals surface area contributed by atoms with E-state index in [4.69, 9.17) is 10.8 Å². The average molecular weight is 369 g/mol. The lowest BCUT2D eigenvalue weighted by molar-refractivity contribution is -0.143. The van der Waals surface area contributed by atoms with E-state index in [-0.39, 0.29) is 12.3 Å². The van der Waals surface area contributed by atoms with Crippen LogP contribution in [-0.2, 0) is 25.6 Å². The second-order valence-corrected chi connectivity index (χ2v) is 6.11. The molecule has 0 unspecified atom stereocenters. The van der Waals surface area contributed by atoms with Gasteiger partial charge in [-0.2, -0.15) is 0 Å². The number of aliphatic carboxylic acids is 2. The number of carboxylic acids is 2. The first-order chi connectivity index (χ1) is 12.1. The van der Waals surface area contributed by atoms with E-state index in [2.05, 4.69) is 20.6 Å². The molecule has 0 aliphatic carbocycles. The van der Waals surface area contributed by atoms with Gasteiger partial charge in [-0.3, -0.25) is 14.4 Å². The van der Waals surface area contributed by atoms with Crippen LogP contribution in [0.2, 0.25) is 0 Å². The molecule has 0 saturated carbocycles. The van der Waals surface area contributed by atoms with Gasteiger partial charge in [-0.1, -0.05) is 13.8 Å². The van der Waals surface area contributed by atoms with Gasteiger partial charge in [0.05, 0.1) is 18.8 Å². The van der Waals surface area contributed by atoms with Gasteiger partial charge in [-0.15, -0.1) is 0 Å². The van der Waals surface area contributed by atoms with Crippen LogP contribution in [0.3, 0.4) is 0 Å². The quantitative estimate of drug-likeness (QED) is 0.286. The maximum absolute atomic E-state index is 12.3. The zero-order chi connectivity index (χ0) is 19.9. The Bertz CT molecular complexity index is 645. The monoisotopic (exact) mass is 369 g/mol. The Balaban J connectivity index is 2.84. The molecular formula is C15H23N5O6. The van der Waals surface area contributed by atoms with E-state index >= 15 is 0 Å². The van der Waals surface area contributed by atoms with Gasteiger partial charge in [0.2, 0.25) is 11.8 Å². The molecule has 1 rings (SSSR count). The molecule has 0 aromatic carbocycles. The van der Waals surface area contributed by atoms with Gasteiger partial charge >= 0.3 is 11.9 Å². The largest absolute Gasteiger partial charge is 0.481 e. The number of aromatic amines is 1. The SMILES string of the molecule is CC(C)[C@H](N)C(=O)N[C@@H](CC(=O)O)C(=O)N[C@@H](Cc1cnc[nH]1)C(=O)O. The first kappa shape index (κ1) is 21.1. The summed E-state index contributed by atoms with van der Waals surface area (Å²) in [5.74, 6) is -4.49. The van der Waals surface area contributed by atoms with Crippen molar-refractivity contribution in [2.75, 3.05) is 0 Å². The van der Waals surface area contributed by atoms with Crippen LogP contribution in [0.25, 0.3) is 0 Å². The van der Waals surface area contributed by atoms with E-state index in [0.717, 1.165) is 0 Å². The predicted octanol–water partition coefficient (Wildman–Crippen LogP) is -1.54. The topological polar surface area (TPSA) is 188 Å². The molecule has 0 saturated heterocycles. The lowest BCUT2D eigenvalue weighted by atomic mass is 10.0. The number of carboxylic acid groups (broad SMARTS) is 2. The number of amides is 2. The molecule has 1 aromatic rings. The summed E-state index contributed by atoms with van der Waals surface area (Å²) in [5.41, 5.74) is 6.15. The molecule has 11 nitrogen and oxygen atoms in total. The minimum absolute atomic E-state index is 0.0830. The van der Waals surface area contributed by atoms with E-state index < -0.39 is 48.3 Å². The predicted molar refractivity (Wildman–Crippen MR) is 88.9 cm³/mol. The third kappa shape index (κ3) is 6.51. The number of nitrogens with two attached hydrogens (primary N) is 1. The normalized spacial score (nSPS) is 14.3. The van der Waals surface area contributed by atoms with Crippen molar-refractivity contribution in [3.05, 3.63) is 18.2 Å². The number of rotatable bonds is 10. The Kier molecular flexibility index (Phi) is 7.72. The standard InChI is InChI=1S/C15H23N5O6/c1-7(2)12(16)14(24)19-9(4-11(21)22)13(23)20-10(15(25)26)3-8-5-17-6-18-8/h5-7,9-10,12H,3-4,16H2,1-2H3,(H,17,18)(H,19,24)(H,20,23)(H,21,22)(H,25,26)/t9-,10-,12-/m0/s1. The number of hydrogen-bond acceptors (Lipinski definition) is 6. The van der Waals surface area contributed by atoms with Gasteiger partial charge in [0, 0.05) is 18.3 Å². The van der Waals surface area contributed by atoms with Crippen LogP contribution >= 0.6 is 0 Å². The third-order valence-corrected chi connectivity index (χ3v) is 3.63. The summed E-state index contributed by atoms with van der Waals surface area (Å²) in [6.45, 7) is 3.39. The highest BCUT2D eigenvalue weighted by Gasteiger charge is 2.30. The van der Waals surface area contributed by atoms with Crippen LogP contribution in [0.4, 0.5) is 0 Å². The van der Waals surface area contributed by atoms with Crippen LogP contribution in [0.1, 0.15) is 26.0 Å². The lowest BCUT2D eigenvalue weighted by Crippen LogP contribution is -2.56. The molecule has 11 heteroatoms. The van der Waals surface area contributed by atoms with Gasteiger partial charge in [0.15, 0.2) is 0 Å². The van der Waals surface area contributed by atoms with E-state index in [1.165, 1.54) is 12.5 Å². The molecule has 0 radical (unpaired) electrons. The Labute approximate surface area is 149 Å². The summed E-state index contributed by atoms with van der Waals surface area (Å²) in [4.78, 5) is 53.1. The minimum Gasteiger partial charge on any atom is -0.481 e.